The summed E-state index contributed by atoms with van der Waals surface area (Å²) in [4.78, 5) is 12.4. The lowest BCUT2D eigenvalue weighted by molar-refractivity contribution is 0.650. The van der Waals surface area contributed by atoms with E-state index in [1.54, 1.807) is 6.08 Å². The summed E-state index contributed by atoms with van der Waals surface area (Å²) in [6.07, 6.45) is 2.55. The summed E-state index contributed by atoms with van der Waals surface area (Å²) in [5, 5.41) is 18.1. The van der Waals surface area contributed by atoms with E-state index in [2.05, 4.69) is 0 Å². The van der Waals surface area contributed by atoms with Gasteiger partial charge in [-0.3, -0.25) is 9.36 Å². The monoisotopic (exact) mass is 295 g/mol. The van der Waals surface area contributed by atoms with Gasteiger partial charge in [-0.15, -0.1) is 11.3 Å². The van der Waals surface area contributed by atoms with E-state index >= 15 is 0 Å². The van der Waals surface area contributed by atoms with Gasteiger partial charge in [0.25, 0.3) is 5.56 Å². The molecule has 0 N–H and O–H groups in total. The number of rotatable bonds is 3. The van der Waals surface area contributed by atoms with Crippen molar-refractivity contribution in [1.82, 2.24) is 4.57 Å². The minimum Gasteiger partial charge on any atom is -0.297 e. The van der Waals surface area contributed by atoms with Gasteiger partial charge in [0.15, 0.2) is 5.57 Å². The van der Waals surface area contributed by atoms with Gasteiger partial charge in [0, 0.05) is 6.54 Å². The van der Waals surface area contributed by atoms with Crippen LogP contribution in [-0.2, 0) is 6.54 Å². The number of benzene rings is 1. The van der Waals surface area contributed by atoms with Gasteiger partial charge in [-0.05, 0) is 18.1 Å². The van der Waals surface area contributed by atoms with E-state index < -0.39 is 0 Å². The lowest BCUT2D eigenvalue weighted by Gasteiger charge is -1.96. The number of nitriles is 2. The highest BCUT2D eigenvalue weighted by Gasteiger charge is 2.08. The molecule has 1 aromatic heterocycles. The van der Waals surface area contributed by atoms with E-state index in [9.17, 15) is 4.79 Å². The maximum absolute atomic E-state index is 12.4. The van der Waals surface area contributed by atoms with E-state index in [1.165, 1.54) is 15.9 Å². The van der Waals surface area contributed by atoms with Crippen molar-refractivity contribution in [3.63, 3.8) is 0 Å². The van der Waals surface area contributed by atoms with E-state index in [-0.39, 0.29) is 11.1 Å². The second-order valence-corrected chi connectivity index (χ2v) is 5.41. The molecule has 2 aromatic rings. The van der Waals surface area contributed by atoms with Crippen LogP contribution in [0, 0.1) is 22.7 Å². The number of hydrogen-bond donors (Lipinski definition) is 0. The predicted molar refractivity (Wildman–Crippen MR) is 82.8 cm³/mol. The van der Waals surface area contributed by atoms with Crippen LogP contribution in [0.25, 0.3) is 11.6 Å². The molecule has 0 saturated carbocycles. The molecule has 0 unspecified atom stereocenters. The molecule has 0 aliphatic rings. The van der Waals surface area contributed by atoms with Crippen LogP contribution in [0.15, 0.2) is 35.1 Å². The van der Waals surface area contributed by atoms with Crippen LogP contribution in [-0.4, -0.2) is 4.57 Å². The summed E-state index contributed by atoms with van der Waals surface area (Å²) in [6, 6.07) is 13.2. The zero-order chi connectivity index (χ0) is 15.2. The van der Waals surface area contributed by atoms with Gasteiger partial charge in [-0.1, -0.05) is 37.3 Å². The Balaban J connectivity index is 2.79. The highest BCUT2D eigenvalue weighted by molar-refractivity contribution is 7.07. The first-order valence-corrected chi connectivity index (χ1v) is 7.33. The number of aromatic nitrogens is 1. The van der Waals surface area contributed by atoms with Crippen LogP contribution in [0.1, 0.15) is 18.9 Å². The molecule has 0 aliphatic heterocycles. The first-order valence-electron chi connectivity index (χ1n) is 6.52. The van der Waals surface area contributed by atoms with E-state index in [0.717, 1.165) is 12.0 Å². The standard InChI is InChI=1S/C16H13N3OS/c1-2-8-19-15(20)14(9-12-6-4-3-5-7-12)21-16(19)13(10-17)11-18/h3-7,9H,2,8H2,1H3. The number of hydrogen-bond acceptors (Lipinski definition) is 4. The summed E-state index contributed by atoms with van der Waals surface area (Å²) < 4.78 is 2.49. The lowest BCUT2D eigenvalue weighted by atomic mass is 10.2. The predicted octanol–water partition coefficient (Wildman–Crippen LogP) is 1.35. The Morgan fingerprint density at radius 2 is 1.95 bits per heavy atom. The van der Waals surface area contributed by atoms with Gasteiger partial charge >= 0.3 is 0 Å². The first kappa shape index (κ1) is 14.8. The molecule has 0 saturated heterocycles. The Hall–Kier alpha value is -2.63. The second kappa shape index (κ2) is 6.69. The molecule has 5 heteroatoms. The molecule has 0 atom stereocenters. The number of thiazole rings is 1. The van der Waals surface area contributed by atoms with E-state index in [1.807, 2.05) is 49.4 Å². The average molecular weight is 295 g/mol. The summed E-state index contributed by atoms with van der Waals surface area (Å²) >= 11 is 1.19. The molecular formula is C16H13N3OS. The molecular weight excluding hydrogens is 282 g/mol. The molecule has 104 valence electrons. The van der Waals surface area contributed by atoms with E-state index in [0.29, 0.717) is 15.7 Å². The largest absolute Gasteiger partial charge is 0.297 e. The van der Waals surface area contributed by atoms with Gasteiger partial charge in [0.05, 0.1) is 4.53 Å². The van der Waals surface area contributed by atoms with Crippen LogP contribution < -0.4 is 14.8 Å². The zero-order valence-electron chi connectivity index (χ0n) is 11.5. The third-order valence-electron chi connectivity index (χ3n) is 2.89. The summed E-state index contributed by atoms with van der Waals surface area (Å²) in [7, 11) is 0. The van der Waals surface area contributed by atoms with Crippen molar-refractivity contribution in [1.29, 1.82) is 10.5 Å². The van der Waals surface area contributed by atoms with Crippen molar-refractivity contribution in [2.75, 3.05) is 0 Å². The Morgan fingerprint density at radius 3 is 2.52 bits per heavy atom. The van der Waals surface area contributed by atoms with Gasteiger partial charge in [0.1, 0.15) is 16.8 Å². The third kappa shape index (κ3) is 3.10. The summed E-state index contributed by atoms with van der Waals surface area (Å²) in [5.74, 6) is 0. The van der Waals surface area contributed by atoms with Crippen molar-refractivity contribution in [3.05, 3.63) is 55.4 Å². The minimum atomic E-state index is -0.149. The molecule has 0 fully saturated rings. The van der Waals surface area contributed by atoms with Crippen molar-refractivity contribution in [2.45, 2.75) is 19.9 Å². The van der Waals surface area contributed by atoms with E-state index in [4.69, 9.17) is 10.5 Å². The molecule has 0 aliphatic carbocycles. The smallest absolute Gasteiger partial charge is 0.269 e. The number of nitrogens with zero attached hydrogens (tertiary/aromatic N) is 3. The van der Waals surface area contributed by atoms with Crippen LogP contribution in [0.4, 0.5) is 0 Å². The van der Waals surface area contributed by atoms with Gasteiger partial charge in [0.2, 0.25) is 0 Å². The summed E-state index contributed by atoms with van der Waals surface area (Å²) in [5.41, 5.74) is 0.753. The van der Waals surface area contributed by atoms with Crippen LogP contribution in [0.5, 0.6) is 0 Å². The van der Waals surface area contributed by atoms with Crippen LogP contribution >= 0.6 is 11.3 Å². The Labute approximate surface area is 126 Å². The fourth-order valence-corrected chi connectivity index (χ4v) is 3.03. The lowest BCUT2D eigenvalue weighted by Crippen LogP contribution is -2.31. The maximum Gasteiger partial charge on any atom is 0.269 e. The SMILES string of the molecule is CCCn1c(=C(C#N)C#N)sc(=Cc2ccccc2)c1=O. The molecule has 1 aromatic carbocycles. The molecule has 2 rings (SSSR count). The Morgan fingerprint density at radius 1 is 1.29 bits per heavy atom. The minimum absolute atomic E-state index is 0.0155. The quantitative estimate of drug-likeness (QED) is 0.858. The van der Waals surface area contributed by atoms with Gasteiger partial charge in [-0.25, -0.2) is 0 Å². The third-order valence-corrected chi connectivity index (χ3v) is 4.02. The molecule has 21 heavy (non-hydrogen) atoms. The molecule has 0 radical (unpaired) electrons. The summed E-state index contributed by atoms with van der Waals surface area (Å²) in [6.45, 7) is 2.45. The highest BCUT2D eigenvalue weighted by Crippen LogP contribution is 1.99. The van der Waals surface area contributed by atoms with Crippen LogP contribution in [0.3, 0.4) is 0 Å². The van der Waals surface area contributed by atoms with Gasteiger partial charge in [-0.2, -0.15) is 10.5 Å². The molecule has 4 nitrogen and oxygen atoms in total. The second-order valence-electron chi connectivity index (χ2n) is 4.38. The van der Waals surface area contributed by atoms with Crippen molar-refractivity contribution >= 4 is 23.0 Å². The Bertz CT molecular complexity index is 876. The van der Waals surface area contributed by atoms with Crippen molar-refractivity contribution in [2.24, 2.45) is 0 Å². The fourth-order valence-electron chi connectivity index (χ4n) is 1.95. The van der Waals surface area contributed by atoms with Gasteiger partial charge < -0.3 is 0 Å². The van der Waals surface area contributed by atoms with Crippen LogP contribution in [0.2, 0.25) is 0 Å². The first-order chi connectivity index (χ1) is 10.2. The molecule has 0 spiro atoms. The molecule has 1 heterocycles. The topological polar surface area (TPSA) is 69.6 Å². The molecule has 0 amide bonds. The fraction of sp³-hybridized carbons (Fsp3) is 0.188. The van der Waals surface area contributed by atoms with Crippen molar-refractivity contribution < 1.29 is 0 Å². The van der Waals surface area contributed by atoms with Crippen molar-refractivity contribution in [3.8, 4) is 12.1 Å². The Kier molecular flexibility index (Phi) is 4.71. The zero-order valence-corrected chi connectivity index (χ0v) is 12.4. The highest BCUT2D eigenvalue weighted by atomic mass is 32.1. The normalized spacial score (nSPS) is 10.9. The maximum atomic E-state index is 12.4. The molecule has 0 bridgehead atoms. The average Bonchev–Trinajstić information content (AvgIpc) is 2.80.